The summed E-state index contributed by atoms with van der Waals surface area (Å²) in [6, 6.07) is 2.59. The molecule has 94 valence electrons. The molecule has 2 rings (SSSR count). The van der Waals surface area contributed by atoms with E-state index in [2.05, 4.69) is 35.2 Å². The second-order valence-corrected chi connectivity index (χ2v) is 4.41. The van der Waals surface area contributed by atoms with Gasteiger partial charge in [-0.25, -0.2) is 0 Å². The maximum Gasteiger partial charge on any atom is 0.0670 e. The average molecular weight is 235 g/mol. The van der Waals surface area contributed by atoms with Crippen LogP contribution in [0.1, 0.15) is 18.9 Å². The smallest absolute Gasteiger partial charge is 0.0670 e. The summed E-state index contributed by atoms with van der Waals surface area (Å²) >= 11 is 0. The first-order valence-electron chi connectivity index (χ1n) is 6.27. The third-order valence-corrected chi connectivity index (χ3v) is 3.28. The molecule has 1 saturated heterocycles. The minimum absolute atomic E-state index is 0.498. The summed E-state index contributed by atoms with van der Waals surface area (Å²) in [6.45, 7) is 5.68. The van der Waals surface area contributed by atoms with Crippen molar-refractivity contribution in [2.75, 3.05) is 31.7 Å². The standard InChI is InChI=1S/C13H21N3O/c1-3-14-8-11-9-15-6-4-13(11)16(2)12-5-7-17-10-12/h4,6,9,12,14H,3,5,7-8,10H2,1-2H3. The van der Waals surface area contributed by atoms with Crippen LogP contribution in [0.3, 0.4) is 0 Å². The fourth-order valence-corrected chi connectivity index (χ4v) is 2.18. The number of anilines is 1. The molecule has 2 heterocycles. The number of likely N-dealkylation sites (N-methyl/N-ethyl adjacent to an activating group) is 1. The molecule has 0 saturated carbocycles. The van der Waals surface area contributed by atoms with Gasteiger partial charge in [-0.3, -0.25) is 4.98 Å². The molecule has 0 radical (unpaired) electrons. The van der Waals surface area contributed by atoms with Crippen molar-refractivity contribution in [1.82, 2.24) is 10.3 Å². The van der Waals surface area contributed by atoms with Crippen LogP contribution in [-0.4, -0.2) is 37.8 Å². The van der Waals surface area contributed by atoms with E-state index in [-0.39, 0.29) is 0 Å². The maximum absolute atomic E-state index is 5.45. The Morgan fingerprint density at radius 2 is 2.47 bits per heavy atom. The molecule has 1 aliphatic rings. The molecule has 1 unspecified atom stereocenters. The summed E-state index contributed by atoms with van der Waals surface area (Å²) in [5.41, 5.74) is 2.51. The normalized spacial score (nSPS) is 19.5. The average Bonchev–Trinajstić information content (AvgIpc) is 2.89. The van der Waals surface area contributed by atoms with Crippen molar-refractivity contribution in [3.8, 4) is 0 Å². The van der Waals surface area contributed by atoms with Gasteiger partial charge in [0.1, 0.15) is 0 Å². The fraction of sp³-hybridized carbons (Fsp3) is 0.615. The third-order valence-electron chi connectivity index (χ3n) is 3.28. The van der Waals surface area contributed by atoms with Crippen molar-refractivity contribution in [2.45, 2.75) is 25.9 Å². The van der Waals surface area contributed by atoms with Gasteiger partial charge in [0.05, 0.1) is 12.6 Å². The van der Waals surface area contributed by atoms with Gasteiger partial charge in [0, 0.05) is 43.8 Å². The third kappa shape index (κ3) is 2.96. The lowest BCUT2D eigenvalue weighted by Gasteiger charge is -2.27. The van der Waals surface area contributed by atoms with Crippen LogP contribution in [0.4, 0.5) is 5.69 Å². The van der Waals surface area contributed by atoms with Crippen molar-refractivity contribution < 1.29 is 4.74 Å². The first kappa shape index (κ1) is 12.3. The lowest BCUT2D eigenvalue weighted by atomic mass is 10.1. The van der Waals surface area contributed by atoms with Gasteiger partial charge in [0.2, 0.25) is 0 Å². The summed E-state index contributed by atoms with van der Waals surface area (Å²) in [7, 11) is 2.14. The van der Waals surface area contributed by atoms with Crippen LogP contribution in [0.2, 0.25) is 0 Å². The van der Waals surface area contributed by atoms with E-state index in [1.54, 1.807) is 0 Å². The summed E-state index contributed by atoms with van der Waals surface area (Å²) < 4.78 is 5.45. The highest BCUT2D eigenvalue weighted by Gasteiger charge is 2.21. The minimum Gasteiger partial charge on any atom is -0.379 e. The Kier molecular flexibility index (Phi) is 4.34. The molecule has 1 atom stereocenters. The fourth-order valence-electron chi connectivity index (χ4n) is 2.18. The molecule has 0 amide bonds. The Balaban J connectivity index is 2.12. The van der Waals surface area contributed by atoms with Gasteiger partial charge in [-0.05, 0) is 19.0 Å². The number of ether oxygens (including phenoxy) is 1. The molecular formula is C13H21N3O. The molecular weight excluding hydrogens is 214 g/mol. The highest BCUT2D eigenvalue weighted by Crippen LogP contribution is 2.23. The van der Waals surface area contributed by atoms with Crippen LogP contribution >= 0.6 is 0 Å². The number of hydrogen-bond donors (Lipinski definition) is 1. The van der Waals surface area contributed by atoms with Crippen molar-refractivity contribution in [3.05, 3.63) is 24.0 Å². The Bertz CT molecular complexity index is 350. The predicted octanol–water partition coefficient (Wildman–Crippen LogP) is 1.42. The molecule has 4 nitrogen and oxygen atoms in total. The predicted molar refractivity (Wildman–Crippen MR) is 69.2 cm³/mol. The summed E-state index contributed by atoms with van der Waals surface area (Å²) in [5.74, 6) is 0. The molecule has 0 aliphatic carbocycles. The zero-order valence-corrected chi connectivity index (χ0v) is 10.6. The lowest BCUT2D eigenvalue weighted by Crippen LogP contribution is -2.33. The maximum atomic E-state index is 5.45. The first-order chi connectivity index (χ1) is 8.33. The largest absolute Gasteiger partial charge is 0.379 e. The van der Waals surface area contributed by atoms with E-state index in [9.17, 15) is 0 Å². The van der Waals surface area contributed by atoms with E-state index in [0.717, 1.165) is 32.7 Å². The number of aromatic nitrogens is 1. The Morgan fingerprint density at radius 3 is 3.18 bits per heavy atom. The molecule has 1 N–H and O–H groups in total. The van der Waals surface area contributed by atoms with Gasteiger partial charge in [-0.1, -0.05) is 6.92 Å². The summed E-state index contributed by atoms with van der Waals surface area (Å²) in [5, 5.41) is 3.35. The lowest BCUT2D eigenvalue weighted by molar-refractivity contribution is 0.193. The SMILES string of the molecule is CCNCc1cnccc1N(C)C1CCOC1. The van der Waals surface area contributed by atoms with Gasteiger partial charge in [-0.2, -0.15) is 0 Å². The Labute approximate surface area is 103 Å². The topological polar surface area (TPSA) is 37.4 Å². The van der Waals surface area contributed by atoms with E-state index in [0.29, 0.717) is 6.04 Å². The van der Waals surface area contributed by atoms with Crippen LogP contribution in [0, 0.1) is 0 Å². The summed E-state index contributed by atoms with van der Waals surface area (Å²) in [4.78, 5) is 6.53. The molecule has 1 fully saturated rings. The Morgan fingerprint density at radius 1 is 1.59 bits per heavy atom. The number of pyridine rings is 1. The van der Waals surface area contributed by atoms with Crippen molar-refractivity contribution in [2.24, 2.45) is 0 Å². The number of nitrogens with zero attached hydrogens (tertiary/aromatic N) is 2. The van der Waals surface area contributed by atoms with Crippen LogP contribution in [0.25, 0.3) is 0 Å². The quantitative estimate of drug-likeness (QED) is 0.837. The van der Waals surface area contributed by atoms with Crippen LogP contribution in [-0.2, 0) is 11.3 Å². The highest BCUT2D eigenvalue weighted by molar-refractivity contribution is 5.52. The van der Waals surface area contributed by atoms with Gasteiger partial charge in [-0.15, -0.1) is 0 Å². The molecule has 17 heavy (non-hydrogen) atoms. The van der Waals surface area contributed by atoms with Gasteiger partial charge < -0.3 is 15.0 Å². The van der Waals surface area contributed by atoms with Gasteiger partial charge in [0.15, 0.2) is 0 Å². The minimum atomic E-state index is 0.498. The molecule has 0 aromatic carbocycles. The van der Waals surface area contributed by atoms with Gasteiger partial charge in [0.25, 0.3) is 0 Å². The van der Waals surface area contributed by atoms with Crippen LogP contribution in [0.15, 0.2) is 18.5 Å². The van der Waals surface area contributed by atoms with E-state index in [1.165, 1.54) is 11.3 Å². The molecule has 0 bridgehead atoms. The van der Waals surface area contributed by atoms with E-state index in [4.69, 9.17) is 4.74 Å². The molecule has 1 aromatic rings. The molecule has 4 heteroatoms. The first-order valence-corrected chi connectivity index (χ1v) is 6.27. The van der Waals surface area contributed by atoms with Crippen molar-refractivity contribution in [3.63, 3.8) is 0 Å². The zero-order valence-electron chi connectivity index (χ0n) is 10.6. The number of hydrogen-bond acceptors (Lipinski definition) is 4. The van der Waals surface area contributed by atoms with E-state index >= 15 is 0 Å². The second kappa shape index (κ2) is 5.98. The van der Waals surface area contributed by atoms with E-state index in [1.807, 2.05) is 12.4 Å². The summed E-state index contributed by atoms with van der Waals surface area (Å²) in [6.07, 6.45) is 4.92. The Hall–Kier alpha value is -1.13. The zero-order chi connectivity index (χ0) is 12.1. The monoisotopic (exact) mass is 235 g/mol. The second-order valence-electron chi connectivity index (χ2n) is 4.41. The number of rotatable bonds is 5. The molecule has 1 aromatic heterocycles. The number of nitrogens with one attached hydrogen (secondary N) is 1. The van der Waals surface area contributed by atoms with Crippen LogP contribution in [0.5, 0.6) is 0 Å². The highest BCUT2D eigenvalue weighted by atomic mass is 16.5. The van der Waals surface area contributed by atoms with E-state index < -0.39 is 0 Å². The molecule has 0 spiro atoms. The van der Waals surface area contributed by atoms with Crippen LogP contribution < -0.4 is 10.2 Å². The van der Waals surface area contributed by atoms with Gasteiger partial charge >= 0.3 is 0 Å². The molecule has 1 aliphatic heterocycles. The van der Waals surface area contributed by atoms with Crippen molar-refractivity contribution in [1.29, 1.82) is 0 Å². The van der Waals surface area contributed by atoms with Crippen molar-refractivity contribution >= 4 is 5.69 Å².